The van der Waals surface area contributed by atoms with Crippen molar-refractivity contribution in [1.82, 2.24) is 14.8 Å². The van der Waals surface area contributed by atoms with Gasteiger partial charge < -0.3 is 9.80 Å². The van der Waals surface area contributed by atoms with Gasteiger partial charge in [-0.25, -0.2) is 0 Å². The molecule has 1 aromatic heterocycles. The number of carbonyl (C=O) groups is 2. The number of carbonyl (C=O) groups excluding carboxylic acids is 2. The van der Waals surface area contributed by atoms with Crippen LogP contribution in [0.4, 0.5) is 0 Å². The van der Waals surface area contributed by atoms with Crippen LogP contribution < -0.4 is 0 Å². The summed E-state index contributed by atoms with van der Waals surface area (Å²) >= 11 is 0. The maximum Gasteiger partial charge on any atom is 0.253 e. The molecule has 0 radical (unpaired) electrons. The standard InChI is InChI=1S/C25H31N3O2/c1-18-12-19(2)14-22(13-18)24(29)27-11-5-9-23(17-27)28(25(30)21-7-3-8-21)16-20-6-4-10-26-15-20/h4,6,10,12-15,21,23H,3,5,7-9,11,16-17H2,1-2H3. The molecule has 1 atom stereocenters. The molecule has 0 N–H and O–H groups in total. The number of likely N-dealkylation sites (tertiary alicyclic amines) is 1. The first-order chi connectivity index (χ1) is 14.5. The third kappa shape index (κ3) is 4.55. The Labute approximate surface area is 179 Å². The maximum absolute atomic E-state index is 13.3. The van der Waals surface area contributed by atoms with Crippen LogP contribution in [-0.4, -0.2) is 45.7 Å². The van der Waals surface area contributed by atoms with Crippen molar-refractivity contribution in [2.45, 2.75) is 58.5 Å². The zero-order valence-electron chi connectivity index (χ0n) is 18.0. The summed E-state index contributed by atoms with van der Waals surface area (Å²) in [5.41, 5.74) is 4.00. The predicted molar refractivity (Wildman–Crippen MR) is 117 cm³/mol. The smallest absolute Gasteiger partial charge is 0.253 e. The molecule has 1 aliphatic heterocycles. The summed E-state index contributed by atoms with van der Waals surface area (Å²) in [5, 5.41) is 0. The topological polar surface area (TPSA) is 53.5 Å². The quantitative estimate of drug-likeness (QED) is 0.751. The molecule has 1 aliphatic carbocycles. The largest absolute Gasteiger partial charge is 0.337 e. The zero-order valence-corrected chi connectivity index (χ0v) is 18.0. The first-order valence-corrected chi connectivity index (χ1v) is 11.1. The van der Waals surface area contributed by atoms with Crippen LogP contribution in [0.2, 0.25) is 0 Å². The highest BCUT2D eigenvalue weighted by Gasteiger charge is 2.36. The lowest BCUT2D eigenvalue weighted by molar-refractivity contribution is -0.142. The van der Waals surface area contributed by atoms with Crippen LogP contribution in [0, 0.1) is 19.8 Å². The molecule has 1 saturated heterocycles. The second kappa shape index (κ2) is 8.99. The summed E-state index contributed by atoms with van der Waals surface area (Å²) in [7, 11) is 0. The molecule has 2 fully saturated rings. The van der Waals surface area contributed by atoms with Crippen molar-refractivity contribution in [3.05, 3.63) is 65.0 Å². The van der Waals surface area contributed by atoms with Gasteiger partial charge in [-0.2, -0.15) is 0 Å². The molecule has 2 aromatic rings. The van der Waals surface area contributed by atoms with E-state index in [4.69, 9.17) is 0 Å². The zero-order chi connectivity index (χ0) is 21.1. The van der Waals surface area contributed by atoms with Crippen molar-refractivity contribution in [3.8, 4) is 0 Å². The van der Waals surface area contributed by atoms with Crippen LogP contribution >= 0.6 is 0 Å². The monoisotopic (exact) mass is 405 g/mol. The fraction of sp³-hybridized carbons (Fsp3) is 0.480. The number of aromatic nitrogens is 1. The van der Waals surface area contributed by atoms with E-state index in [-0.39, 0.29) is 23.8 Å². The van der Waals surface area contributed by atoms with Crippen molar-refractivity contribution >= 4 is 11.8 Å². The third-order valence-electron chi connectivity index (χ3n) is 6.41. The second-order valence-corrected chi connectivity index (χ2v) is 8.88. The van der Waals surface area contributed by atoms with Crippen LogP contribution in [0.15, 0.2) is 42.7 Å². The van der Waals surface area contributed by atoms with E-state index in [0.717, 1.165) is 60.9 Å². The molecule has 158 valence electrons. The van der Waals surface area contributed by atoms with Crippen LogP contribution in [0.5, 0.6) is 0 Å². The summed E-state index contributed by atoms with van der Waals surface area (Å²) < 4.78 is 0. The molecule has 0 spiro atoms. The van der Waals surface area contributed by atoms with Crippen molar-refractivity contribution in [1.29, 1.82) is 0 Å². The van der Waals surface area contributed by atoms with Crippen LogP contribution in [-0.2, 0) is 11.3 Å². The number of hydrogen-bond acceptors (Lipinski definition) is 3. The van der Waals surface area contributed by atoms with Gasteiger partial charge in [-0.15, -0.1) is 0 Å². The predicted octanol–water partition coefficient (Wildman–Crippen LogP) is 4.13. The first-order valence-electron chi connectivity index (χ1n) is 11.1. The molecule has 1 unspecified atom stereocenters. The van der Waals surface area contributed by atoms with Crippen molar-refractivity contribution in [2.24, 2.45) is 5.92 Å². The summed E-state index contributed by atoms with van der Waals surface area (Å²) in [6.07, 6.45) is 8.56. The molecule has 2 heterocycles. The minimum absolute atomic E-state index is 0.0573. The Morgan fingerprint density at radius 1 is 1.10 bits per heavy atom. The lowest BCUT2D eigenvalue weighted by Gasteiger charge is -2.42. The minimum Gasteiger partial charge on any atom is -0.337 e. The average molecular weight is 406 g/mol. The summed E-state index contributed by atoms with van der Waals surface area (Å²) in [6.45, 7) is 5.97. The molecular formula is C25H31N3O2. The van der Waals surface area contributed by atoms with Gasteiger partial charge >= 0.3 is 0 Å². The maximum atomic E-state index is 13.3. The van der Waals surface area contributed by atoms with E-state index >= 15 is 0 Å². The number of amides is 2. The van der Waals surface area contributed by atoms with E-state index in [1.165, 1.54) is 0 Å². The fourth-order valence-electron chi connectivity index (χ4n) is 4.64. The van der Waals surface area contributed by atoms with Crippen molar-refractivity contribution < 1.29 is 9.59 Å². The van der Waals surface area contributed by atoms with Gasteiger partial charge in [0.05, 0.1) is 0 Å². The Kier molecular flexibility index (Phi) is 6.16. The van der Waals surface area contributed by atoms with Crippen LogP contribution in [0.3, 0.4) is 0 Å². The van der Waals surface area contributed by atoms with Gasteiger partial charge in [0.2, 0.25) is 5.91 Å². The fourth-order valence-corrected chi connectivity index (χ4v) is 4.64. The first kappa shape index (κ1) is 20.6. The highest BCUT2D eigenvalue weighted by molar-refractivity contribution is 5.94. The molecule has 30 heavy (non-hydrogen) atoms. The Hall–Kier alpha value is -2.69. The molecule has 5 nitrogen and oxygen atoms in total. The lowest BCUT2D eigenvalue weighted by Crippen LogP contribution is -2.53. The Bertz CT molecular complexity index is 888. The molecule has 1 aromatic carbocycles. The van der Waals surface area contributed by atoms with E-state index < -0.39 is 0 Å². The number of rotatable bonds is 5. The molecule has 2 amide bonds. The van der Waals surface area contributed by atoms with Gasteiger partial charge in [0.25, 0.3) is 5.91 Å². The molecule has 4 rings (SSSR count). The highest BCUT2D eigenvalue weighted by atomic mass is 16.2. The molecular weight excluding hydrogens is 374 g/mol. The minimum atomic E-state index is 0.0573. The molecule has 1 saturated carbocycles. The van der Waals surface area contributed by atoms with Crippen LogP contribution in [0.1, 0.15) is 59.2 Å². The normalized spacial score (nSPS) is 19.3. The second-order valence-electron chi connectivity index (χ2n) is 8.88. The summed E-state index contributed by atoms with van der Waals surface area (Å²) in [5.74, 6) is 0.465. The van der Waals surface area contributed by atoms with Gasteiger partial charge in [-0.05, 0) is 63.3 Å². The SMILES string of the molecule is Cc1cc(C)cc(C(=O)N2CCCC(N(Cc3cccnc3)C(=O)C3CCC3)C2)c1. The third-order valence-corrected chi connectivity index (χ3v) is 6.41. The van der Waals surface area contributed by atoms with Gasteiger partial charge in [-0.3, -0.25) is 14.6 Å². The van der Waals surface area contributed by atoms with Gasteiger partial charge in [0, 0.05) is 49.6 Å². The molecule has 5 heteroatoms. The molecule has 0 bridgehead atoms. The summed E-state index contributed by atoms with van der Waals surface area (Å²) in [4.78, 5) is 34.7. The Morgan fingerprint density at radius 2 is 1.87 bits per heavy atom. The van der Waals surface area contributed by atoms with E-state index in [0.29, 0.717) is 13.1 Å². The van der Waals surface area contributed by atoms with E-state index in [1.807, 2.05) is 54.1 Å². The number of benzene rings is 1. The van der Waals surface area contributed by atoms with E-state index in [9.17, 15) is 9.59 Å². The number of pyridine rings is 1. The Balaban J connectivity index is 1.53. The number of piperidine rings is 1. The number of nitrogens with zero attached hydrogens (tertiary/aromatic N) is 3. The Morgan fingerprint density at radius 3 is 2.50 bits per heavy atom. The average Bonchev–Trinajstić information content (AvgIpc) is 2.70. The van der Waals surface area contributed by atoms with Crippen molar-refractivity contribution in [2.75, 3.05) is 13.1 Å². The lowest BCUT2D eigenvalue weighted by atomic mass is 9.83. The van der Waals surface area contributed by atoms with E-state index in [2.05, 4.69) is 11.1 Å². The van der Waals surface area contributed by atoms with Crippen LogP contribution in [0.25, 0.3) is 0 Å². The van der Waals surface area contributed by atoms with Gasteiger partial charge in [0.1, 0.15) is 0 Å². The highest BCUT2D eigenvalue weighted by Crippen LogP contribution is 2.31. The van der Waals surface area contributed by atoms with Gasteiger partial charge in [-0.1, -0.05) is 29.7 Å². The van der Waals surface area contributed by atoms with Gasteiger partial charge in [0.15, 0.2) is 0 Å². The summed E-state index contributed by atoms with van der Waals surface area (Å²) in [6, 6.07) is 10.0. The number of hydrogen-bond donors (Lipinski definition) is 0. The molecule has 2 aliphatic rings. The number of aryl methyl sites for hydroxylation is 2. The van der Waals surface area contributed by atoms with E-state index in [1.54, 1.807) is 6.20 Å². The van der Waals surface area contributed by atoms with Crippen molar-refractivity contribution in [3.63, 3.8) is 0 Å².